The predicted octanol–water partition coefficient (Wildman–Crippen LogP) is 2.93. The molecule has 0 unspecified atom stereocenters. The molecule has 0 aliphatic rings. The number of anilines is 1. The van der Waals surface area contributed by atoms with Gasteiger partial charge in [0.1, 0.15) is 5.82 Å². The SMILES string of the molecule is FC(F)(F)N(c1ccccn1)C(F)(F)F. The fourth-order valence-corrected chi connectivity index (χ4v) is 0.890. The molecule has 15 heavy (non-hydrogen) atoms. The predicted molar refractivity (Wildman–Crippen MR) is 38.8 cm³/mol. The third-order valence-corrected chi connectivity index (χ3v) is 1.39. The summed E-state index contributed by atoms with van der Waals surface area (Å²) in [6.07, 6.45) is -10.3. The summed E-state index contributed by atoms with van der Waals surface area (Å²) in [5, 5.41) is 0. The molecule has 0 N–H and O–H groups in total. The van der Waals surface area contributed by atoms with Gasteiger partial charge in [-0.25, -0.2) is 4.98 Å². The van der Waals surface area contributed by atoms with Crippen molar-refractivity contribution in [3.63, 3.8) is 0 Å². The Hall–Kier alpha value is -1.47. The second-order valence-electron chi connectivity index (χ2n) is 2.46. The van der Waals surface area contributed by atoms with Crippen LogP contribution in [0.1, 0.15) is 0 Å². The number of rotatable bonds is 1. The molecule has 0 saturated carbocycles. The van der Waals surface area contributed by atoms with Crippen molar-refractivity contribution in [3.8, 4) is 0 Å². The molecule has 2 nitrogen and oxygen atoms in total. The van der Waals surface area contributed by atoms with Crippen LogP contribution < -0.4 is 4.90 Å². The van der Waals surface area contributed by atoms with Gasteiger partial charge in [-0.2, -0.15) is 4.90 Å². The lowest BCUT2D eigenvalue weighted by atomic mass is 10.4. The summed E-state index contributed by atoms with van der Waals surface area (Å²) in [6.45, 7) is 0. The lowest BCUT2D eigenvalue weighted by Gasteiger charge is -2.27. The normalized spacial score (nSPS) is 12.7. The summed E-state index contributed by atoms with van der Waals surface area (Å²) in [7, 11) is 0. The van der Waals surface area contributed by atoms with Crippen LogP contribution in [0.5, 0.6) is 0 Å². The highest BCUT2D eigenvalue weighted by atomic mass is 19.4. The Morgan fingerprint density at radius 2 is 1.47 bits per heavy atom. The first-order chi connectivity index (χ1) is 6.73. The average molecular weight is 230 g/mol. The number of nitrogens with zero attached hydrogens (tertiary/aromatic N) is 2. The van der Waals surface area contributed by atoms with Crippen LogP contribution in [0.4, 0.5) is 32.2 Å². The highest BCUT2D eigenvalue weighted by molar-refractivity contribution is 5.39. The van der Waals surface area contributed by atoms with Gasteiger partial charge in [0.25, 0.3) is 0 Å². The van der Waals surface area contributed by atoms with Crippen LogP contribution in [0, 0.1) is 0 Å². The molecular weight excluding hydrogens is 226 g/mol. The van der Waals surface area contributed by atoms with Crippen molar-refractivity contribution < 1.29 is 26.3 Å². The molecule has 0 amide bonds. The van der Waals surface area contributed by atoms with Crippen molar-refractivity contribution >= 4 is 5.82 Å². The monoisotopic (exact) mass is 230 g/mol. The summed E-state index contributed by atoms with van der Waals surface area (Å²) < 4.78 is 72.4. The summed E-state index contributed by atoms with van der Waals surface area (Å²) >= 11 is 0. The zero-order valence-electron chi connectivity index (χ0n) is 6.97. The maximum absolute atomic E-state index is 12.1. The number of hydrogen-bond acceptors (Lipinski definition) is 2. The lowest BCUT2D eigenvalue weighted by Crippen LogP contribution is -2.48. The van der Waals surface area contributed by atoms with E-state index in [1.165, 1.54) is 6.07 Å². The molecule has 0 fully saturated rings. The molecule has 0 spiro atoms. The fraction of sp³-hybridized carbons (Fsp3) is 0.286. The standard InChI is InChI=1S/C7H4F6N2/c8-6(9,10)15(7(11,12)13)5-3-1-2-4-14-5/h1-4H. The van der Waals surface area contributed by atoms with Crippen LogP contribution >= 0.6 is 0 Å². The van der Waals surface area contributed by atoms with Gasteiger partial charge in [0.2, 0.25) is 0 Å². The lowest BCUT2D eigenvalue weighted by molar-refractivity contribution is -0.227. The minimum atomic E-state index is -5.55. The number of hydrogen-bond donors (Lipinski definition) is 0. The third-order valence-electron chi connectivity index (χ3n) is 1.39. The summed E-state index contributed by atoms with van der Waals surface area (Å²) in [5.41, 5.74) is 0. The van der Waals surface area contributed by atoms with E-state index in [1.54, 1.807) is 0 Å². The molecule has 0 atom stereocenters. The fourth-order valence-electron chi connectivity index (χ4n) is 0.890. The molecule has 0 radical (unpaired) electrons. The van der Waals surface area contributed by atoms with Gasteiger partial charge in [-0.05, 0) is 12.1 Å². The van der Waals surface area contributed by atoms with Crippen LogP contribution in [0.25, 0.3) is 0 Å². The van der Waals surface area contributed by atoms with E-state index in [1.807, 2.05) is 0 Å². The molecule has 0 aromatic carbocycles. The number of alkyl halides is 6. The quantitative estimate of drug-likeness (QED) is 0.544. The molecule has 0 aliphatic carbocycles. The first kappa shape index (κ1) is 11.6. The summed E-state index contributed by atoms with van der Waals surface area (Å²) in [5.74, 6) is -1.21. The summed E-state index contributed by atoms with van der Waals surface area (Å²) in [6, 6.07) is 2.88. The van der Waals surface area contributed by atoms with Crippen molar-refractivity contribution in [2.75, 3.05) is 4.90 Å². The second kappa shape index (κ2) is 3.59. The number of halogens is 6. The smallest absolute Gasteiger partial charge is 0.239 e. The van der Waals surface area contributed by atoms with Gasteiger partial charge in [-0.15, -0.1) is 26.3 Å². The molecule has 1 aromatic rings. The van der Waals surface area contributed by atoms with Crippen LogP contribution in [0.15, 0.2) is 24.4 Å². The van der Waals surface area contributed by atoms with E-state index in [2.05, 4.69) is 4.98 Å². The van der Waals surface area contributed by atoms with Gasteiger partial charge < -0.3 is 0 Å². The Kier molecular flexibility index (Phi) is 2.78. The Bertz CT molecular complexity index is 302. The van der Waals surface area contributed by atoms with Crippen molar-refractivity contribution in [2.45, 2.75) is 12.6 Å². The van der Waals surface area contributed by atoms with Gasteiger partial charge in [0, 0.05) is 6.20 Å². The van der Waals surface area contributed by atoms with E-state index < -0.39 is 23.3 Å². The molecule has 1 rings (SSSR count). The zero-order valence-corrected chi connectivity index (χ0v) is 6.97. The van der Waals surface area contributed by atoms with Crippen molar-refractivity contribution in [1.29, 1.82) is 0 Å². The molecule has 0 saturated heterocycles. The molecule has 1 heterocycles. The first-order valence-corrected chi connectivity index (χ1v) is 3.58. The summed E-state index contributed by atoms with van der Waals surface area (Å²) in [4.78, 5) is 1.35. The number of pyridine rings is 1. The first-order valence-electron chi connectivity index (χ1n) is 3.58. The van der Waals surface area contributed by atoms with E-state index in [4.69, 9.17) is 0 Å². The molecule has 8 heteroatoms. The van der Waals surface area contributed by atoms with Crippen LogP contribution in [0.2, 0.25) is 0 Å². The van der Waals surface area contributed by atoms with E-state index in [0.29, 0.717) is 6.07 Å². The van der Waals surface area contributed by atoms with Crippen molar-refractivity contribution in [2.24, 2.45) is 0 Å². The maximum Gasteiger partial charge on any atom is 0.493 e. The Morgan fingerprint density at radius 1 is 0.933 bits per heavy atom. The third kappa shape index (κ3) is 2.74. The molecule has 0 aliphatic heterocycles. The molecule has 84 valence electrons. The van der Waals surface area contributed by atoms with E-state index in [-0.39, 0.29) is 0 Å². The van der Waals surface area contributed by atoms with Gasteiger partial charge in [-0.3, -0.25) is 0 Å². The zero-order chi connectivity index (χ0) is 11.7. The van der Waals surface area contributed by atoms with Gasteiger partial charge in [0.15, 0.2) is 0 Å². The van der Waals surface area contributed by atoms with Crippen LogP contribution in [-0.2, 0) is 0 Å². The van der Waals surface area contributed by atoms with Crippen LogP contribution in [0.3, 0.4) is 0 Å². The van der Waals surface area contributed by atoms with Gasteiger partial charge in [0.05, 0.1) is 0 Å². The topological polar surface area (TPSA) is 16.1 Å². The van der Waals surface area contributed by atoms with Crippen molar-refractivity contribution in [1.82, 2.24) is 4.98 Å². The highest BCUT2D eigenvalue weighted by Gasteiger charge is 2.54. The molecule has 0 bridgehead atoms. The Labute approximate surface area is 80.1 Å². The van der Waals surface area contributed by atoms with E-state index in [9.17, 15) is 26.3 Å². The van der Waals surface area contributed by atoms with E-state index in [0.717, 1.165) is 12.3 Å². The highest BCUT2D eigenvalue weighted by Crippen LogP contribution is 2.36. The van der Waals surface area contributed by atoms with Gasteiger partial charge >= 0.3 is 12.6 Å². The number of aromatic nitrogens is 1. The second-order valence-corrected chi connectivity index (χ2v) is 2.46. The largest absolute Gasteiger partial charge is 0.493 e. The Morgan fingerprint density at radius 3 is 1.80 bits per heavy atom. The van der Waals surface area contributed by atoms with E-state index >= 15 is 0 Å². The average Bonchev–Trinajstić information content (AvgIpc) is 2.00. The van der Waals surface area contributed by atoms with Gasteiger partial charge in [-0.1, -0.05) is 6.07 Å². The van der Waals surface area contributed by atoms with Crippen LogP contribution in [-0.4, -0.2) is 17.6 Å². The maximum atomic E-state index is 12.1. The molecular formula is C7H4F6N2. The minimum Gasteiger partial charge on any atom is -0.239 e. The molecule has 1 aromatic heterocycles. The van der Waals surface area contributed by atoms with Crippen molar-refractivity contribution in [3.05, 3.63) is 24.4 Å². The minimum absolute atomic E-state index is 0.626. The Balaban J connectivity index is 3.15.